The summed E-state index contributed by atoms with van der Waals surface area (Å²) < 4.78 is 11.8. The molecule has 3 atom stereocenters. The summed E-state index contributed by atoms with van der Waals surface area (Å²) in [6.45, 7) is 0.235. The zero-order valence-corrected chi connectivity index (χ0v) is 15.7. The second-order valence-electron chi connectivity index (χ2n) is 7.74. The van der Waals surface area contributed by atoms with Crippen LogP contribution in [0.15, 0.2) is 18.2 Å². The van der Waals surface area contributed by atoms with Crippen molar-refractivity contribution in [3.63, 3.8) is 0 Å². The number of hydrogen-bond acceptors (Lipinski definition) is 5. The number of aliphatic carboxylic acids is 1. The van der Waals surface area contributed by atoms with Gasteiger partial charge in [-0.15, -0.1) is 0 Å². The highest BCUT2D eigenvalue weighted by Crippen LogP contribution is 2.34. The van der Waals surface area contributed by atoms with Crippen molar-refractivity contribution < 1.29 is 29.0 Å². The normalized spacial score (nSPS) is 27.0. The molecule has 2 aliphatic heterocycles. The van der Waals surface area contributed by atoms with Crippen LogP contribution in [-0.4, -0.2) is 59.7 Å². The zero-order chi connectivity index (χ0) is 19.8. The van der Waals surface area contributed by atoms with E-state index in [1.165, 1.54) is 0 Å². The summed E-state index contributed by atoms with van der Waals surface area (Å²) in [4.78, 5) is 37.7. The van der Waals surface area contributed by atoms with Crippen LogP contribution in [0.2, 0.25) is 0 Å². The third-order valence-electron chi connectivity index (χ3n) is 5.63. The number of amides is 2. The van der Waals surface area contributed by atoms with Crippen molar-refractivity contribution in [1.82, 2.24) is 4.90 Å². The molecule has 1 saturated heterocycles. The quantitative estimate of drug-likeness (QED) is 0.816. The number of ether oxygens (including phenoxy) is 2. The van der Waals surface area contributed by atoms with Gasteiger partial charge in [-0.2, -0.15) is 0 Å². The Morgan fingerprint density at radius 1 is 1.25 bits per heavy atom. The van der Waals surface area contributed by atoms with Crippen LogP contribution in [0.25, 0.3) is 0 Å². The average molecular weight is 388 g/mol. The van der Waals surface area contributed by atoms with Gasteiger partial charge in [0.15, 0.2) is 0 Å². The van der Waals surface area contributed by atoms with Gasteiger partial charge in [0.05, 0.1) is 24.1 Å². The number of likely N-dealkylation sites (N-methyl/N-ethyl adjacent to an activating group) is 1. The Kier molecular flexibility index (Phi) is 4.97. The number of rotatable bonds is 4. The largest absolute Gasteiger partial charge is 0.490 e. The second kappa shape index (κ2) is 7.43. The van der Waals surface area contributed by atoms with E-state index in [9.17, 15) is 14.4 Å². The number of carboxylic acid groups (broad SMARTS) is 1. The molecular weight excluding hydrogens is 364 g/mol. The van der Waals surface area contributed by atoms with Gasteiger partial charge in [0, 0.05) is 18.7 Å². The van der Waals surface area contributed by atoms with Gasteiger partial charge >= 0.3 is 5.97 Å². The number of nitrogens with zero attached hydrogens (tertiary/aromatic N) is 1. The maximum atomic E-state index is 13.1. The summed E-state index contributed by atoms with van der Waals surface area (Å²) >= 11 is 0. The molecule has 0 bridgehead atoms. The first-order chi connectivity index (χ1) is 13.4. The number of carbonyl (C=O) groups is 3. The van der Waals surface area contributed by atoms with Crippen LogP contribution in [0, 0.1) is 5.92 Å². The van der Waals surface area contributed by atoms with Crippen molar-refractivity contribution in [3.05, 3.63) is 23.8 Å². The van der Waals surface area contributed by atoms with E-state index in [0.29, 0.717) is 29.8 Å². The van der Waals surface area contributed by atoms with Crippen LogP contribution in [0.3, 0.4) is 0 Å². The average Bonchev–Trinajstić information content (AvgIpc) is 3.50. The van der Waals surface area contributed by atoms with Crippen molar-refractivity contribution in [2.75, 3.05) is 19.0 Å². The van der Waals surface area contributed by atoms with Crippen LogP contribution in [-0.2, 0) is 14.3 Å². The Bertz CT molecular complexity index is 806. The number of hydrogen-bond donors (Lipinski definition) is 2. The van der Waals surface area contributed by atoms with Gasteiger partial charge in [-0.05, 0) is 43.9 Å². The van der Waals surface area contributed by atoms with Gasteiger partial charge in [0.2, 0.25) is 5.91 Å². The molecule has 0 aromatic heterocycles. The summed E-state index contributed by atoms with van der Waals surface area (Å²) in [5, 5.41) is 11.9. The van der Waals surface area contributed by atoms with Crippen molar-refractivity contribution in [3.8, 4) is 5.75 Å². The second-order valence-corrected chi connectivity index (χ2v) is 7.74. The summed E-state index contributed by atoms with van der Waals surface area (Å²) in [6, 6.07) is 4.88. The molecule has 2 heterocycles. The molecule has 28 heavy (non-hydrogen) atoms. The summed E-state index contributed by atoms with van der Waals surface area (Å²) in [6.07, 6.45) is 2.25. The minimum atomic E-state index is -0.897. The molecule has 8 heteroatoms. The molecule has 0 spiro atoms. The Morgan fingerprint density at radius 2 is 2.04 bits per heavy atom. The van der Waals surface area contributed by atoms with E-state index in [2.05, 4.69) is 5.32 Å². The lowest BCUT2D eigenvalue weighted by atomic mass is 9.94. The third kappa shape index (κ3) is 3.82. The molecule has 1 saturated carbocycles. The van der Waals surface area contributed by atoms with E-state index < -0.39 is 5.97 Å². The molecule has 0 radical (unpaired) electrons. The topological polar surface area (TPSA) is 105 Å². The van der Waals surface area contributed by atoms with Crippen molar-refractivity contribution in [2.45, 2.75) is 50.4 Å². The van der Waals surface area contributed by atoms with E-state index in [-0.39, 0.29) is 49.0 Å². The number of benzene rings is 1. The molecule has 0 unspecified atom stereocenters. The Morgan fingerprint density at radius 3 is 2.75 bits per heavy atom. The van der Waals surface area contributed by atoms with Crippen LogP contribution in [0.4, 0.5) is 5.69 Å². The fourth-order valence-electron chi connectivity index (χ4n) is 3.89. The molecular formula is C20H24N2O6. The Balaban J connectivity index is 1.53. The number of fused-ring (bicyclic) bond motifs is 2. The maximum absolute atomic E-state index is 13.1. The molecule has 8 nitrogen and oxygen atoms in total. The molecule has 1 aliphatic carbocycles. The number of anilines is 1. The zero-order valence-electron chi connectivity index (χ0n) is 15.7. The maximum Gasteiger partial charge on any atom is 0.305 e. The Hall–Kier alpha value is -2.61. The highest BCUT2D eigenvalue weighted by atomic mass is 16.5. The van der Waals surface area contributed by atoms with Crippen LogP contribution in [0.1, 0.15) is 42.5 Å². The van der Waals surface area contributed by atoms with E-state index in [4.69, 9.17) is 14.6 Å². The smallest absolute Gasteiger partial charge is 0.305 e. The first kappa shape index (κ1) is 18.7. The number of nitrogens with one attached hydrogen (secondary N) is 1. The molecule has 3 aliphatic rings. The van der Waals surface area contributed by atoms with E-state index in [0.717, 1.165) is 12.8 Å². The van der Waals surface area contributed by atoms with Crippen molar-refractivity contribution in [2.24, 2.45) is 5.92 Å². The lowest BCUT2D eigenvalue weighted by Gasteiger charge is -2.42. The van der Waals surface area contributed by atoms with Gasteiger partial charge in [-0.1, -0.05) is 0 Å². The van der Waals surface area contributed by atoms with Crippen molar-refractivity contribution >= 4 is 23.5 Å². The van der Waals surface area contributed by atoms with E-state index in [1.807, 2.05) is 0 Å². The van der Waals surface area contributed by atoms with Gasteiger partial charge in [0.25, 0.3) is 5.91 Å². The SMILES string of the molecule is CN1C(=O)c2cc(NC(=O)C3CC3)ccc2OC[C@H]2O[C@@H](CC(=O)O)CC[C@H]21. The van der Waals surface area contributed by atoms with E-state index in [1.54, 1.807) is 30.1 Å². The first-order valence-electron chi connectivity index (χ1n) is 9.64. The first-order valence-corrected chi connectivity index (χ1v) is 9.64. The standard InChI is InChI=1S/C20H24N2O6/c1-22-15-6-5-13(9-18(23)24)28-17(15)10-27-16-7-4-12(8-14(16)20(22)26)21-19(25)11-2-3-11/h4,7-8,11,13,15,17H,2-3,5-6,9-10H2,1H3,(H,21,25)(H,23,24)/t13-,15-,17-/m1/s1. The van der Waals surface area contributed by atoms with Gasteiger partial charge in [-0.3, -0.25) is 14.4 Å². The monoisotopic (exact) mass is 388 g/mol. The summed E-state index contributed by atoms with van der Waals surface area (Å²) in [7, 11) is 1.73. The van der Waals surface area contributed by atoms with Gasteiger partial charge in [0.1, 0.15) is 18.5 Å². The molecule has 4 rings (SSSR count). The molecule has 150 valence electrons. The predicted molar refractivity (Wildman–Crippen MR) is 99.3 cm³/mol. The Labute approximate surface area is 162 Å². The van der Waals surface area contributed by atoms with Crippen LogP contribution >= 0.6 is 0 Å². The minimum Gasteiger partial charge on any atom is -0.490 e. The molecule has 2 N–H and O–H groups in total. The van der Waals surface area contributed by atoms with Crippen molar-refractivity contribution in [1.29, 1.82) is 0 Å². The van der Waals surface area contributed by atoms with Crippen LogP contribution < -0.4 is 10.1 Å². The fraction of sp³-hybridized carbons (Fsp3) is 0.550. The van der Waals surface area contributed by atoms with Gasteiger partial charge in [-0.25, -0.2) is 0 Å². The van der Waals surface area contributed by atoms with Crippen LogP contribution in [0.5, 0.6) is 5.75 Å². The fourth-order valence-corrected chi connectivity index (χ4v) is 3.89. The summed E-state index contributed by atoms with van der Waals surface area (Å²) in [5.74, 6) is -0.602. The van der Waals surface area contributed by atoms with Gasteiger partial charge < -0.3 is 24.8 Å². The van der Waals surface area contributed by atoms with E-state index >= 15 is 0 Å². The summed E-state index contributed by atoms with van der Waals surface area (Å²) in [5.41, 5.74) is 0.988. The molecule has 1 aromatic carbocycles. The predicted octanol–water partition coefficient (Wildman–Crippen LogP) is 1.89. The molecule has 1 aromatic rings. The molecule has 2 fully saturated rings. The molecule has 2 amide bonds. The third-order valence-corrected chi connectivity index (χ3v) is 5.63. The lowest BCUT2D eigenvalue weighted by Crippen LogP contribution is -2.53. The number of carboxylic acids is 1. The number of carbonyl (C=O) groups excluding carboxylic acids is 2. The highest BCUT2D eigenvalue weighted by Gasteiger charge is 2.39. The lowest BCUT2D eigenvalue weighted by molar-refractivity contribution is -0.148. The minimum absolute atomic E-state index is 0.0160. The highest BCUT2D eigenvalue weighted by molar-refractivity contribution is 6.00.